The highest BCUT2D eigenvalue weighted by Crippen LogP contribution is 2.19. The van der Waals surface area contributed by atoms with E-state index in [1.807, 2.05) is 6.92 Å². The average molecular weight is 277 g/mol. The van der Waals surface area contributed by atoms with Gasteiger partial charge in [0.2, 0.25) is 0 Å². The van der Waals surface area contributed by atoms with Crippen LogP contribution in [0.3, 0.4) is 0 Å². The van der Waals surface area contributed by atoms with Crippen molar-refractivity contribution in [3.8, 4) is 5.75 Å². The monoisotopic (exact) mass is 277 g/mol. The zero-order chi connectivity index (χ0) is 14.5. The summed E-state index contributed by atoms with van der Waals surface area (Å²) in [6, 6.07) is 4.69. The molecule has 1 amide bonds. The predicted molar refractivity (Wildman–Crippen MR) is 73.6 cm³/mol. The van der Waals surface area contributed by atoms with Crippen molar-refractivity contribution in [1.82, 2.24) is 4.90 Å². The summed E-state index contributed by atoms with van der Waals surface area (Å²) >= 11 is 0. The fourth-order valence-electron chi connectivity index (χ4n) is 2.25. The van der Waals surface area contributed by atoms with Gasteiger partial charge in [-0.1, -0.05) is 11.6 Å². The van der Waals surface area contributed by atoms with Crippen LogP contribution in [-0.4, -0.2) is 41.6 Å². The van der Waals surface area contributed by atoms with Gasteiger partial charge in [-0.05, 0) is 38.3 Å². The molecule has 1 fully saturated rings. The Kier molecular flexibility index (Phi) is 4.61. The Bertz CT molecular complexity index is 507. The molecule has 0 radical (unpaired) electrons. The average Bonchev–Trinajstić information content (AvgIpc) is 2.47. The van der Waals surface area contributed by atoms with Crippen LogP contribution in [-0.2, 0) is 9.53 Å². The number of piperidine rings is 1. The predicted octanol–water partition coefficient (Wildman–Crippen LogP) is 1.87. The molecule has 1 saturated heterocycles. The minimum Gasteiger partial charge on any atom is -0.507 e. The molecule has 20 heavy (non-hydrogen) atoms. The second-order valence-electron chi connectivity index (χ2n) is 5.04. The van der Waals surface area contributed by atoms with Gasteiger partial charge in [0.1, 0.15) is 11.3 Å². The van der Waals surface area contributed by atoms with Crippen LogP contribution in [0.4, 0.5) is 0 Å². The molecule has 108 valence electrons. The van der Waals surface area contributed by atoms with E-state index in [1.54, 1.807) is 17.0 Å². The maximum absolute atomic E-state index is 11.9. The molecule has 1 N–H and O–H groups in total. The summed E-state index contributed by atoms with van der Waals surface area (Å²) in [7, 11) is 0. The highest BCUT2D eigenvalue weighted by atomic mass is 16.5. The van der Waals surface area contributed by atoms with Gasteiger partial charge in [-0.2, -0.15) is 0 Å². The summed E-state index contributed by atoms with van der Waals surface area (Å²) in [6.07, 6.45) is 3.14. The molecule has 5 heteroatoms. The number of likely N-dealkylation sites (tertiary alicyclic amines) is 1. The van der Waals surface area contributed by atoms with Crippen LogP contribution in [0.1, 0.15) is 35.2 Å². The van der Waals surface area contributed by atoms with Crippen LogP contribution in [0, 0.1) is 6.92 Å². The molecule has 1 aliphatic heterocycles. The van der Waals surface area contributed by atoms with Crippen LogP contribution in [0.5, 0.6) is 5.75 Å². The van der Waals surface area contributed by atoms with Crippen molar-refractivity contribution >= 4 is 11.9 Å². The van der Waals surface area contributed by atoms with E-state index in [4.69, 9.17) is 4.74 Å². The second-order valence-corrected chi connectivity index (χ2v) is 5.04. The summed E-state index contributed by atoms with van der Waals surface area (Å²) in [5.41, 5.74) is 0.938. The third-order valence-electron chi connectivity index (χ3n) is 3.41. The van der Waals surface area contributed by atoms with E-state index < -0.39 is 5.97 Å². The van der Waals surface area contributed by atoms with Gasteiger partial charge in [-0.25, -0.2) is 4.79 Å². The van der Waals surface area contributed by atoms with Gasteiger partial charge in [0.15, 0.2) is 6.61 Å². The number of aromatic hydroxyl groups is 1. The first-order valence-electron chi connectivity index (χ1n) is 6.82. The molecular formula is C15H19NO4. The third kappa shape index (κ3) is 3.50. The normalized spacial score (nSPS) is 14.9. The molecule has 0 saturated carbocycles. The lowest BCUT2D eigenvalue weighted by Gasteiger charge is -2.26. The highest BCUT2D eigenvalue weighted by molar-refractivity contribution is 5.94. The lowest BCUT2D eigenvalue weighted by Crippen LogP contribution is -2.38. The first-order chi connectivity index (χ1) is 9.58. The van der Waals surface area contributed by atoms with E-state index >= 15 is 0 Å². The topological polar surface area (TPSA) is 66.8 Å². The fraction of sp³-hybridized carbons (Fsp3) is 0.467. The number of carbonyl (C=O) groups excluding carboxylic acids is 2. The number of phenols is 1. The molecule has 0 bridgehead atoms. The van der Waals surface area contributed by atoms with E-state index in [0.29, 0.717) is 0 Å². The summed E-state index contributed by atoms with van der Waals surface area (Å²) in [4.78, 5) is 25.4. The summed E-state index contributed by atoms with van der Waals surface area (Å²) in [5.74, 6) is -0.979. The van der Waals surface area contributed by atoms with Crippen LogP contribution >= 0.6 is 0 Å². The minimum atomic E-state index is -0.670. The Labute approximate surface area is 118 Å². The fourth-order valence-corrected chi connectivity index (χ4v) is 2.25. The van der Waals surface area contributed by atoms with E-state index in [2.05, 4.69) is 0 Å². The first kappa shape index (κ1) is 14.4. The lowest BCUT2D eigenvalue weighted by molar-refractivity contribution is -0.135. The summed E-state index contributed by atoms with van der Waals surface area (Å²) in [5, 5.41) is 9.62. The van der Waals surface area contributed by atoms with E-state index in [0.717, 1.165) is 37.9 Å². The molecule has 2 rings (SSSR count). The molecule has 0 unspecified atom stereocenters. The number of nitrogens with zero attached hydrogens (tertiary/aromatic N) is 1. The third-order valence-corrected chi connectivity index (χ3v) is 3.41. The van der Waals surface area contributed by atoms with Crippen molar-refractivity contribution in [3.63, 3.8) is 0 Å². The Balaban J connectivity index is 1.91. The van der Waals surface area contributed by atoms with Crippen molar-refractivity contribution in [2.24, 2.45) is 0 Å². The number of hydrogen-bond acceptors (Lipinski definition) is 4. The molecule has 0 atom stereocenters. The Morgan fingerprint density at radius 1 is 1.25 bits per heavy atom. The van der Waals surface area contributed by atoms with Crippen LogP contribution < -0.4 is 0 Å². The van der Waals surface area contributed by atoms with Gasteiger partial charge in [0.25, 0.3) is 5.91 Å². The molecule has 1 heterocycles. The molecule has 5 nitrogen and oxygen atoms in total. The number of phenolic OH excluding ortho intramolecular Hbond substituents is 1. The summed E-state index contributed by atoms with van der Waals surface area (Å²) < 4.78 is 4.99. The van der Waals surface area contributed by atoms with Crippen molar-refractivity contribution < 1.29 is 19.4 Å². The molecular weight excluding hydrogens is 258 g/mol. The van der Waals surface area contributed by atoms with Crippen molar-refractivity contribution in [3.05, 3.63) is 29.3 Å². The number of hydrogen-bond donors (Lipinski definition) is 1. The number of carbonyl (C=O) groups is 2. The molecule has 0 aliphatic carbocycles. The number of ether oxygens (including phenoxy) is 1. The molecule has 1 aromatic carbocycles. The van der Waals surface area contributed by atoms with Gasteiger partial charge >= 0.3 is 5.97 Å². The van der Waals surface area contributed by atoms with E-state index in [1.165, 1.54) is 6.07 Å². The molecule has 0 spiro atoms. The highest BCUT2D eigenvalue weighted by Gasteiger charge is 2.19. The van der Waals surface area contributed by atoms with Gasteiger partial charge < -0.3 is 14.7 Å². The maximum Gasteiger partial charge on any atom is 0.342 e. The van der Waals surface area contributed by atoms with Crippen molar-refractivity contribution in [2.75, 3.05) is 19.7 Å². The number of benzene rings is 1. The second kappa shape index (κ2) is 6.41. The van der Waals surface area contributed by atoms with Crippen molar-refractivity contribution in [2.45, 2.75) is 26.2 Å². The quantitative estimate of drug-likeness (QED) is 0.856. The SMILES string of the molecule is Cc1ccc(O)c(C(=O)OCC(=O)N2CCCCC2)c1. The Morgan fingerprint density at radius 2 is 1.95 bits per heavy atom. The largest absolute Gasteiger partial charge is 0.507 e. The summed E-state index contributed by atoms with van der Waals surface area (Å²) in [6.45, 7) is 3.00. The minimum absolute atomic E-state index is 0.0939. The Hall–Kier alpha value is -2.04. The van der Waals surface area contributed by atoms with Crippen LogP contribution in [0.25, 0.3) is 0 Å². The number of esters is 1. The Morgan fingerprint density at radius 3 is 2.65 bits per heavy atom. The standard InChI is InChI=1S/C15H19NO4/c1-11-5-6-13(17)12(9-11)15(19)20-10-14(18)16-7-3-2-4-8-16/h5-6,9,17H,2-4,7-8,10H2,1H3. The van der Waals surface area contributed by atoms with E-state index in [-0.39, 0.29) is 23.8 Å². The van der Waals surface area contributed by atoms with E-state index in [9.17, 15) is 14.7 Å². The number of rotatable bonds is 3. The van der Waals surface area contributed by atoms with Gasteiger partial charge in [0.05, 0.1) is 0 Å². The zero-order valence-electron chi connectivity index (χ0n) is 11.6. The maximum atomic E-state index is 11.9. The molecule has 0 aromatic heterocycles. The van der Waals surface area contributed by atoms with Gasteiger partial charge in [-0.3, -0.25) is 4.79 Å². The van der Waals surface area contributed by atoms with Gasteiger partial charge in [-0.15, -0.1) is 0 Å². The number of amides is 1. The smallest absolute Gasteiger partial charge is 0.342 e. The van der Waals surface area contributed by atoms with Gasteiger partial charge in [0, 0.05) is 13.1 Å². The van der Waals surface area contributed by atoms with Crippen LogP contribution in [0.2, 0.25) is 0 Å². The number of aryl methyl sites for hydroxylation is 1. The zero-order valence-corrected chi connectivity index (χ0v) is 11.6. The van der Waals surface area contributed by atoms with Crippen molar-refractivity contribution in [1.29, 1.82) is 0 Å². The molecule has 1 aliphatic rings. The lowest BCUT2D eigenvalue weighted by atomic mass is 10.1. The van der Waals surface area contributed by atoms with Crippen LogP contribution in [0.15, 0.2) is 18.2 Å². The molecule has 1 aromatic rings. The first-order valence-corrected chi connectivity index (χ1v) is 6.82.